The quantitative estimate of drug-likeness (QED) is 0.910. The van der Waals surface area contributed by atoms with Crippen molar-refractivity contribution in [3.63, 3.8) is 0 Å². The molecule has 0 unspecified atom stereocenters. The van der Waals surface area contributed by atoms with Crippen molar-refractivity contribution in [3.8, 4) is 5.75 Å². The molecule has 0 aromatic heterocycles. The van der Waals surface area contributed by atoms with Gasteiger partial charge in [-0.05, 0) is 31.4 Å². The molecule has 1 fully saturated rings. The molecule has 2 aliphatic rings. The second-order valence-corrected chi connectivity index (χ2v) is 8.36. The van der Waals surface area contributed by atoms with E-state index in [9.17, 15) is 8.42 Å². The fourth-order valence-electron chi connectivity index (χ4n) is 2.86. The van der Waals surface area contributed by atoms with Gasteiger partial charge in [-0.2, -0.15) is 0 Å². The largest absolute Gasteiger partial charge is 0.487 e. The topological polar surface area (TPSA) is 55.4 Å². The summed E-state index contributed by atoms with van der Waals surface area (Å²) in [5.74, 6) is 1.29. The van der Waals surface area contributed by atoms with Gasteiger partial charge in [0.15, 0.2) is 9.84 Å². The molecule has 0 radical (unpaired) electrons. The summed E-state index contributed by atoms with van der Waals surface area (Å²) in [6.45, 7) is 3.01. The molecule has 0 bridgehead atoms. The standard InChI is InChI=1S/C15H21NO3S/c1-15(6-9-20(17,18)10-7-15)19-13-5-4-12-3-2-8-16-14(12)11-13/h4-5,11,16H,2-3,6-10H2,1H3. The number of ether oxygens (including phenoxy) is 1. The summed E-state index contributed by atoms with van der Waals surface area (Å²) in [5.41, 5.74) is 2.12. The first-order chi connectivity index (χ1) is 9.46. The van der Waals surface area contributed by atoms with Gasteiger partial charge in [0.2, 0.25) is 0 Å². The highest BCUT2D eigenvalue weighted by Gasteiger charge is 2.35. The van der Waals surface area contributed by atoms with Gasteiger partial charge in [0.25, 0.3) is 0 Å². The Morgan fingerprint density at radius 2 is 2.00 bits per heavy atom. The maximum atomic E-state index is 11.5. The Hall–Kier alpha value is -1.23. The zero-order chi connectivity index (χ0) is 14.2. The van der Waals surface area contributed by atoms with E-state index in [-0.39, 0.29) is 17.1 Å². The second kappa shape index (κ2) is 4.95. The van der Waals surface area contributed by atoms with Crippen LogP contribution < -0.4 is 10.1 Å². The third kappa shape index (κ3) is 2.92. The van der Waals surface area contributed by atoms with Gasteiger partial charge in [-0.3, -0.25) is 0 Å². The third-order valence-electron chi connectivity index (χ3n) is 4.27. The smallest absolute Gasteiger partial charge is 0.150 e. The van der Waals surface area contributed by atoms with Crippen LogP contribution in [0.2, 0.25) is 0 Å². The van der Waals surface area contributed by atoms with Crippen molar-refractivity contribution in [1.29, 1.82) is 0 Å². The molecule has 1 aromatic carbocycles. The van der Waals surface area contributed by atoms with Crippen LogP contribution in [0.3, 0.4) is 0 Å². The summed E-state index contributed by atoms with van der Waals surface area (Å²) in [7, 11) is -2.85. The fourth-order valence-corrected chi connectivity index (χ4v) is 4.55. The van der Waals surface area contributed by atoms with Gasteiger partial charge in [-0.15, -0.1) is 0 Å². The molecular formula is C15H21NO3S. The average molecular weight is 295 g/mol. The van der Waals surface area contributed by atoms with Crippen LogP contribution in [-0.2, 0) is 16.3 Å². The average Bonchev–Trinajstić information content (AvgIpc) is 2.43. The molecule has 2 heterocycles. The number of aryl methyl sites for hydroxylation is 1. The highest BCUT2D eigenvalue weighted by Crippen LogP contribution is 2.32. The summed E-state index contributed by atoms with van der Waals surface area (Å²) in [5, 5.41) is 3.39. The van der Waals surface area contributed by atoms with Crippen LogP contribution in [-0.4, -0.2) is 32.1 Å². The summed E-state index contributed by atoms with van der Waals surface area (Å²) in [4.78, 5) is 0. The highest BCUT2D eigenvalue weighted by atomic mass is 32.2. The Balaban J connectivity index is 1.74. The fraction of sp³-hybridized carbons (Fsp3) is 0.600. The molecule has 0 atom stereocenters. The lowest BCUT2D eigenvalue weighted by Crippen LogP contribution is -2.41. The van der Waals surface area contributed by atoms with Crippen LogP contribution in [0, 0.1) is 0 Å². The van der Waals surface area contributed by atoms with Crippen LogP contribution in [0.4, 0.5) is 5.69 Å². The molecule has 1 saturated heterocycles. The Morgan fingerprint density at radius 1 is 1.25 bits per heavy atom. The predicted molar refractivity (Wildman–Crippen MR) is 80.2 cm³/mol. The number of hydrogen-bond acceptors (Lipinski definition) is 4. The van der Waals surface area contributed by atoms with Crippen molar-refractivity contribution in [1.82, 2.24) is 0 Å². The third-order valence-corrected chi connectivity index (χ3v) is 5.92. The molecule has 0 spiro atoms. The molecular weight excluding hydrogens is 274 g/mol. The SMILES string of the molecule is CC1(Oc2ccc3c(c2)NCCC3)CCS(=O)(=O)CC1. The van der Waals surface area contributed by atoms with Crippen molar-refractivity contribution in [3.05, 3.63) is 23.8 Å². The van der Waals surface area contributed by atoms with Gasteiger partial charge in [0.1, 0.15) is 11.4 Å². The molecule has 5 heteroatoms. The minimum absolute atomic E-state index is 0.229. The van der Waals surface area contributed by atoms with Gasteiger partial charge in [0, 0.05) is 31.1 Å². The Morgan fingerprint density at radius 3 is 2.75 bits per heavy atom. The number of fused-ring (bicyclic) bond motifs is 1. The van der Waals surface area contributed by atoms with Crippen molar-refractivity contribution < 1.29 is 13.2 Å². The summed E-state index contributed by atoms with van der Waals surface area (Å²) >= 11 is 0. The maximum absolute atomic E-state index is 11.5. The minimum atomic E-state index is -2.85. The van der Waals surface area contributed by atoms with Gasteiger partial charge in [-0.25, -0.2) is 8.42 Å². The number of anilines is 1. The highest BCUT2D eigenvalue weighted by molar-refractivity contribution is 7.91. The number of hydrogen-bond donors (Lipinski definition) is 1. The summed E-state index contributed by atoms with van der Waals surface area (Å²) in [6, 6.07) is 6.16. The lowest BCUT2D eigenvalue weighted by Gasteiger charge is -2.34. The first-order valence-electron chi connectivity index (χ1n) is 7.22. The molecule has 20 heavy (non-hydrogen) atoms. The predicted octanol–water partition coefficient (Wildman–Crippen LogP) is 2.39. The number of benzene rings is 1. The van der Waals surface area contributed by atoms with Crippen LogP contribution >= 0.6 is 0 Å². The molecule has 4 nitrogen and oxygen atoms in total. The van der Waals surface area contributed by atoms with Crippen molar-refractivity contribution in [2.75, 3.05) is 23.4 Å². The van der Waals surface area contributed by atoms with E-state index in [0.29, 0.717) is 12.8 Å². The lowest BCUT2D eigenvalue weighted by atomic mass is 9.99. The van der Waals surface area contributed by atoms with E-state index in [1.807, 2.05) is 19.1 Å². The molecule has 0 aliphatic carbocycles. The molecule has 2 aliphatic heterocycles. The van der Waals surface area contributed by atoms with E-state index in [1.165, 1.54) is 12.0 Å². The van der Waals surface area contributed by atoms with Crippen molar-refractivity contribution in [2.24, 2.45) is 0 Å². The summed E-state index contributed by atoms with van der Waals surface area (Å²) < 4.78 is 29.1. The molecule has 0 saturated carbocycles. The normalized spacial score (nSPS) is 23.4. The molecule has 110 valence electrons. The van der Waals surface area contributed by atoms with Gasteiger partial charge < -0.3 is 10.1 Å². The monoisotopic (exact) mass is 295 g/mol. The van der Waals surface area contributed by atoms with E-state index < -0.39 is 9.84 Å². The van der Waals surface area contributed by atoms with Crippen molar-refractivity contribution in [2.45, 2.75) is 38.2 Å². The van der Waals surface area contributed by atoms with Crippen molar-refractivity contribution >= 4 is 15.5 Å². The molecule has 0 amide bonds. The maximum Gasteiger partial charge on any atom is 0.150 e. The second-order valence-electron chi connectivity index (χ2n) is 6.05. The summed E-state index contributed by atoms with van der Waals surface area (Å²) in [6.07, 6.45) is 3.42. The molecule has 1 N–H and O–H groups in total. The van der Waals surface area contributed by atoms with E-state index in [1.54, 1.807) is 0 Å². The first-order valence-corrected chi connectivity index (χ1v) is 9.04. The zero-order valence-corrected chi connectivity index (χ0v) is 12.6. The van der Waals surface area contributed by atoms with Crippen LogP contribution in [0.5, 0.6) is 5.75 Å². The molecule has 1 aromatic rings. The first kappa shape index (κ1) is 13.7. The van der Waals surface area contributed by atoms with Gasteiger partial charge >= 0.3 is 0 Å². The van der Waals surface area contributed by atoms with Crippen LogP contribution in [0.25, 0.3) is 0 Å². The van der Waals surface area contributed by atoms with E-state index in [0.717, 1.165) is 24.4 Å². The van der Waals surface area contributed by atoms with E-state index in [2.05, 4.69) is 11.4 Å². The number of rotatable bonds is 2. The lowest BCUT2D eigenvalue weighted by molar-refractivity contribution is 0.0780. The van der Waals surface area contributed by atoms with E-state index >= 15 is 0 Å². The minimum Gasteiger partial charge on any atom is -0.487 e. The van der Waals surface area contributed by atoms with Gasteiger partial charge in [0.05, 0.1) is 11.5 Å². The Labute approximate surface area is 120 Å². The van der Waals surface area contributed by atoms with Crippen LogP contribution in [0.1, 0.15) is 31.7 Å². The number of nitrogens with one attached hydrogen (secondary N) is 1. The molecule has 3 rings (SSSR count). The Kier molecular flexibility index (Phi) is 3.40. The number of sulfone groups is 1. The van der Waals surface area contributed by atoms with E-state index in [4.69, 9.17) is 4.74 Å². The van der Waals surface area contributed by atoms with Gasteiger partial charge in [-0.1, -0.05) is 6.07 Å². The zero-order valence-electron chi connectivity index (χ0n) is 11.8. The van der Waals surface area contributed by atoms with Crippen LogP contribution in [0.15, 0.2) is 18.2 Å². The Bertz CT molecular complexity index is 596.